The molecule has 0 fully saturated rings. The van der Waals surface area contributed by atoms with E-state index in [4.69, 9.17) is 10.5 Å². The Hall–Kier alpha value is -1.55. The van der Waals surface area contributed by atoms with Gasteiger partial charge in [-0.05, 0) is 44.0 Å². The summed E-state index contributed by atoms with van der Waals surface area (Å²) in [5.74, 6) is 0.691. The second kappa shape index (κ2) is 6.91. The van der Waals surface area contributed by atoms with E-state index in [1.807, 2.05) is 6.92 Å². The van der Waals surface area contributed by atoms with Crippen LogP contribution in [0, 0.1) is 0 Å². The Morgan fingerprint density at radius 2 is 2.06 bits per heavy atom. The first-order valence-corrected chi connectivity index (χ1v) is 5.81. The lowest BCUT2D eigenvalue weighted by Crippen LogP contribution is -2.26. The van der Waals surface area contributed by atoms with Crippen molar-refractivity contribution in [3.05, 3.63) is 29.8 Å². The van der Waals surface area contributed by atoms with Crippen molar-refractivity contribution >= 4 is 5.91 Å². The van der Waals surface area contributed by atoms with Crippen LogP contribution >= 0.6 is 0 Å². The molecule has 3 N–H and O–H groups in total. The number of hydrogen-bond donors (Lipinski definition) is 2. The Morgan fingerprint density at radius 3 is 2.59 bits per heavy atom. The van der Waals surface area contributed by atoms with Crippen molar-refractivity contribution in [1.82, 2.24) is 5.32 Å². The number of hydrogen-bond acceptors (Lipinski definition) is 3. The number of rotatable bonds is 6. The smallest absolute Gasteiger partial charge is 0.251 e. The van der Waals surface area contributed by atoms with Crippen molar-refractivity contribution in [2.45, 2.75) is 25.8 Å². The van der Waals surface area contributed by atoms with Crippen LogP contribution in [0.4, 0.5) is 0 Å². The standard InChI is InChI=1S/C13H20N2O2/c1-10(14)4-3-9-15-13(16)11-5-7-12(17-2)8-6-11/h5-8,10H,3-4,9,14H2,1-2H3,(H,15,16). The predicted molar refractivity (Wildman–Crippen MR) is 68.2 cm³/mol. The SMILES string of the molecule is COc1ccc(C(=O)NCCCC(C)N)cc1. The molecule has 0 aliphatic heterocycles. The summed E-state index contributed by atoms with van der Waals surface area (Å²) in [5, 5.41) is 2.86. The van der Waals surface area contributed by atoms with Crippen LogP contribution in [0.25, 0.3) is 0 Å². The average molecular weight is 236 g/mol. The van der Waals surface area contributed by atoms with Gasteiger partial charge in [-0.3, -0.25) is 4.79 Å². The van der Waals surface area contributed by atoms with E-state index in [0.29, 0.717) is 12.1 Å². The number of carbonyl (C=O) groups excluding carboxylic acids is 1. The van der Waals surface area contributed by atoms with E-state index in [-0.39, 0.29) is 11.9 Å². The van der Waals surface area contributed by atoms with Gasteiger partial charge in [-0.25, -0.2) is 0 Å². The van der Waals surface area contributed by atoms with E-state index in [9.17, 15) is 4.79 Å². The van der Waals surface area contributed by atoms with Gasteiger partial charge in [0.1, 0.15) is 5.75 Å². The van der Waals surface area contributed by atoms with Crippen LogP contribution in [0.15, 0.2) is 24.3 Å². The number of benzene rings is 1. The Labute approximate surface area is 102 Å². The van der Waals surface area contributed by atoms with Crippen LogP contribution in [-0.4, -0.2) is 25.6 Å². The van der Waals surface area contributed by atoms with E-state index in [1.54, 1.807) is 31.4 Å². The molecule has 0 heterocycles. The lowest BCUT2D eigenvalue weighted by Gasteiger charge is -2.07. The van der Waals surface area contributed by atoms with E-state index in [0.717, 1.165) is 18.6 Å². The van der Waals surface area contributed by atoms with E-state index >= 15 is 0 Å². The monoisotopic (exact) mass is 236 g/mol. The molecule has 0 spiro atoms. The fourth-order valence-electron chi connectivity index (χ4n) is 1.47. The van der Waals surface area contributed by atoms with Gasteiger partial charge < -0.3 is 15.8 Å². The quantitative estimate of drug-likeness (QED) is 0.737. The van der Waals surface area contributed by atoms with Gasteiger partial charge in [0, 0.05) is 18.2 Å². The maximum atomic E-state index is 11.7. The molecule has 0 radical (unpaired) electrons. The Balaban J connectivity index is 2.36. The Morgan fingerprint density at radius 1 is 1.41 bits per heavy atom. The van der Waals surface area contributed by atoms with E-state index in [1.165, 1.54) is 0 Å². The minimum absolute atomic E-state index is 0.0580. The number of ether oxygens (including phenoxy) is 1. The zero-order chi connectivity index (χ0) is 12.7. The predicted octanol–water partition coefficient (Wildman–Crippen LogP) is 1.55. The van der Waals surface area contributed by atoms with Crippen LogP contribution in [-0.2, 0) is 0 Å². The fraction of sp³-hybridized carbons (Fsp3) is 0.462. The first-order valence-electron chi connectivity index (χ1n) is 5.81. The molecule has 1 aromatic carbocycles. The van der Waals surface area contributed by atoms with Crippen molar-refractivity contribution in [3.63, 3.8) is 0 Å². The van der Waals surface area contributed by atoms with Crippen LogP contribution in [0.2, 0.25) is 0 Å². The molecule has 0 saturated carbocycles. The largest absolute Gasteiger partial charge is 0.497 e. The molecule has 1 unspecified atom stereocenters. The molecule has 4 nitrogen and oxygen atoms in total. The molecule has 94 valence electrons. The molecule has 1 rings (SSSR count). The van der Waals surface area contributed by atoms with Gasteiger partial charge in [0.05, 0.1) is 7.11 Å². The molecule has 0 aliphatic rings. The lowest BCUT2D eigenvalue weighted by atomic mass is 10.2. The van der Waals surface area contributed by atoms with Gasteiger partial charge in [-0.15, -0.1) is 0 Å². The Kier molecular flexibility index (Phi) is 5.49. The van der Waals surface area contributed by atoms with E-state index in [2.05, 4.69) is 5.32 Å². The molecule has 1 amide bonds. The number of carbonyl (C=O) groups is 1. The summed E-state index contributed by atoms with van der Waals surface area (Å²) in [6.45, 7) is 2.62. The fourth-order valence-corrected chi connectivity index (χ4v) is 1.47. The van der Waals surface area contributed by atoms with Gasteiger partial charge in [0.2, 0.25) is 0 Å². The molecule has 4 heteroatoms. The van der Waals surface area contributed by atoms with Gasteiger partial charge in [0.25, 0.3) is 5.91 Å². The summed E-state index contributed by atoms with van der Waals surface area (Å²) >= 11 is 0. The van der Waals surface area contributed by atoms with Crippen LogP contribution < -0.4 is 15.8 Å². The highest BCUT2D eigenvalue weighted by molar-refractivity contribution is 5.94. The summed E-state index contributed by atoms with van der Waals surface area (Å²) in [6, 6.07) is 7.24. The van der Waals surface area contributed by atoms with Gasteiger partial charge in [-0.1, -0.05) is 0 Å². The highest BCUT2D eigenvalue weighted by Gasteiger charge is 2.04. The van der Waals surface area contributed by atoms with Crippen LogP contribution in [0.3, 0.4) is 0 Å². The van der Waals surface area contributed by atoms with Crippen molar-refractivity contribution in [2.75, 3.05) is 13.7 Å². The summed E-state index contributed by atoms with van der Waals surface area (Å²) in [4.78, 5) is 11.7. The third kappa shape index (κ3) is 4.87. The highest BCUT2D eigenvalue weighted by atomic mass is 16.5. The maximum absolute atomic E-state index is 11.7. The van der Waals surface area contributed by atoms with Gasteiger partial charge in [-0.2, -0.15) is 0 Å². The highest BCUT2D eigenvalue weighted by Crippen LogP contribution is 2.10. The first kappa shape index (κ1) is 13.5. The first-order chi connectivity index (χ1) is 8.13. The third-order valence-corrected chi connectivity index (χ3v) is 2.47. The molecule has 0 saturated heterocycles. The minimum Gasteiger partial charge on any atom is -0.497 e. The number of amides is 1. The summed E-state index contributed by atoms with van der Waals surface area (Å²) < 4.78 is 5.03. The molecule has 0 aromatic heterocycles. The molecule has 0 bridgehead atoms. The van der Waals surface area contributed by atoms with Crippen LogP contribution in [0.5, 0.6) is 5.75 Å². The van der Waals surface area contributed by atoms with Crippen LogP contribution in [0.1, 0.15) is 30.1 Å². The summed E-state index contributed by atoms with van der Waals surface area (Å²) in [7, 11) is 1.60. The van der Waals surface area contributed by atoms with Gasteiger partial charge >= 0.3 is 0 Å². The molecule has 0 aliphatic carbocycles. The van der Waals surface area contributed by atoms with Crippen molar-refractivity contribution in [1.29, 1.82) is 0 Å². The topological polar surface area (TPSA) is 64.3 Å². The molecule has 1 aromatic rings. The molecular formula is C13H20N2O2. The molecule has 17 heavy (non-hydrogen) atoms. The number of nitrogens with two attached hydrogens (primary N) is 1. The lowest BCUT2D eigenvalue weighted by molar-refractivity contribution is 0.0952. The van der Waals surface area contributed by atoms with Crippen molar-refractivity contribution < 1.29 is 9.53 Å². The van der Waals surface area contributed by atoms with Crippen molar-refractivity contribution in [2.24, 2.45) is 5.73 Å². The maximum Gasteiger partial charge on any atom is 0.251 e. The number of nitrogens with one attached hydrogen (secondary N) is 1. The zero-order valence-electron chi connectivity index (χ0n) is 10.4. The number of methoxy groups -OCH3 is 1. The second-order valence-corrected chi connectivity index (χ2v) is 4.10. The molecular weight excluding hydrogens is 216 g/mol. The zero-order valence-corrected chi connectivity index (χ0v) is 10.4. The van der Waals surface area contributed by atoms with E-state index < -0.39 is 0 Å². The van der Waals surface area contributed by atoms with Crippen molar-refractivity contribution in [3.8, 4) is 5.75 Å². The minimum atomic E-state index is -0.0580. The molecule has 1 atom stereocenters. The Bertz CT molecular complexity index is 347. The summed E-state index contributed by atoms with van der Waals surface area (Å²) in [6.07, 6.45) is 1.82. The normalized spacial score (nSPS) is 11.9. The third-order valence-electron chi connectivity index (χ3n) is 2.47. The van der Waals surface area contributed by atoms with Gasteiger partial charge in [0.15, 0.2) is 0 Å². The second-order valence-electron chi connectivity index (χ2n) is 4.10. The average Bonchev–Trinajstić information content (AvgIpc) is 2.34. The summed E-state index contributed by atoms with van der Waals surface area (Å²) in [5.41, 5.74) is 6.27.